The van der Waals surface area contributed by atoms with Crippen LogP contribution in [-0.2, 0) is 4.74 Å². The van der Waals surface area contributed by atoms with E-state index in [-0.39, 0.29) is 28.4 Å². The van der Waals surface area contributed by atoms with Gasteiger partial charge >= 0.3 is 0 Å². The molecular formula is C20H13FO3. The van der Waals surface area contributed by atoms with Crippen LogP contribution in [0.5, 0.6) is 5.75 Å². The SMILES string of the molecule is O=C(C1=COC2=C(F)C=CCC2=C1)c1ccc2ccccc2c1O. The number of aromatic hydroxyl groups is 1. The van der Waals surface area contributed by atoms with E-state index >= 15 is 0 Å². The average Bonchev–Trinajstić information content (AvgIpc) is 2.62. The van der Waals surface area contributed by atoms with Gasteiger partial charge in [-0.1, -0.05) is 36.4 Å². The molecule has 0 saturated carbocycles. The Morgan fingerprint density at radius 2 is 2.00 bits per heavy atom. The van der Waals surface area contributed by atoms with Gasteiger partial charge in [-0.3, -0.25) is 4.79 Å². The summed E-state index contributed by atoms with van der Waals surface area (Å²) in [6.07, 6.45) is 6.36. The molecule has 2 aromatic carbocycles. The highest BCUT2D eigenvalue weighted by atomic mass is 19.1. The molecule has 118 valence electrons. The number of fused-ring (bicyclic) bond motifs is 2. The zero-order valence-corrected chi connectivity index (χ0v) is 12.6. The first-order valence-corrected chi connectivity index (χ1v) is 7.54. The van der Waals surface area contributed by atoms with Crippen molar-refractivity contribution >= 4 is 16.6 Å². The van der Waals surface area contributed by atoms with E-state index in [1.165, 1.54) is 12.3 Å². The van der Waals surface area contributed by atoms with Crippen LogP contribution in [0.4, 0.5) is 4.39 Å². The van der Waals surface area contributed by atoms with E-state index in [0.717, 1.165) is 5.39 Å². The molecule has 0 aromatic heterocycles. The van der Waals surface area contributed by atoms with E-state index in [9.17, 15) is 14.3 Å². The summed E-state index contributed by atoms with van der Waals surface area (Å²) >= 11 is 0. The van der Waals surface area contributed by atoms with Gasteiger partial charge in [0.2, 0.25) is 0 Å². The second kappa shape index (κ2) is 5.49. The van der Waals surface area contributed by atoms with Crippen molar-refractivity contribution in [3.63, 3.8) is 0 Å². The van der Waals surface area contributed by atoms with Gasteiger partial charge in [0.25, 0.3) is 0 Å². The van der Waals surface area contributed by atoms with E-state index < -0.39 is 5.83 Å². The van der Waals surface area contributed by atoms with Gasteiger partial charge in [-0.2, -0.15) is 0 Å². The summed E-state index contributed by atoms with van der Waals surface area (Å²) in [5, 5.41) is 11.9. The van der Waals surface area contributed by atoms with E-state index in [1.807, 2.05) is 12.1 Å². The third kappa shape index (κ3) is 2.24. The molecule has 1 heterocycles. The Kier molecular flexibility index (Phi) is 3.31. The summed E-state index contributed by atoms with van der Waals surface area (Å²) in [5.74, 6) is -0.728. The lowest BCUT2D eigenvalue weighted by Gasteiger charge is -2.19. The van der Waals surface area contributed by atoms with E-state index in [2.05, 4.69) is 0 Å². The van der Waals surface area contributed by atoms with Gasteiger partial charge in [-0.25, -0.2) is 4.39 Å². The molecule has 24 heavy (non-hydrogen) atoms. The number of Topliss-reactive ketones (excluding diaryl/α,β-unsaturated/α-hetero) is 1. The fraction of sp³-hybridized carbons (Fsp3) is 0.0500. The summed E-state index contributed by atoms with van der Waals surface area (Å²) in [6.45, 7) is 0. The fourth-order valence-corrected chi connectivity index (χ4v) is 2.92. The van der Waals surface area contributed by atoms with Crippen LogP contribution in [0, 0.1) is 0 Å². The summed E-state index contributed by atoms with van der Waals surface area (Å²) in [4.78, 5) is 12.7. The number of allylic oxidation sites excluding steroid dienone is 6. The minimum absolute atomic E-state index is 0.0616. The van der Waals surface area contributed by atoms with Crippen molar-refractivity contribution < 1.29 is 19.0 Å². The first-order chi connectivity index (χ1) is 11.6. The molecule has 4 rings (SSSR count). The van der Waals surface area contributed by atoms with Crippen molar-refractivity contribution in [1.29, 1.82) is 0 Å². The number of hydrogen-bond donors (Lipinski definition) is 1. The molecule has 0 atom stereocenters. The molecule has 1 aliphatic heterocycles. The molecule has 0 spiro atoms. The van der Waals surface area contributed by atoms with E-state index in [1.54, 1.807) is 36.4 Å². The summed E-state index contributed by atoms with van der Waals surface area (Å²) < 4.78 is 19.0. The molecule has 0 unspecified atom stereocenters. The second-order valence-corrected chi connectivity index (χ2v) is 5.66. The van der Waals surface area contributed by atoms with E-state index in [4.69, 9.17) is 4.74 Å². The average molecular weight is 320 g/mol. The molecule has 2 aliphatic rings. The van der Waals surface area contributed by atoms with Crippen molar-refractivity contribution in [3.05, 3.63) is 89.2 Å². The Morgan fingerprint density at radius 3 is 2.88 bits per heavy atom. The van der Waals surface area contributed by atoms with Crippen molar-refractivity contribution in [2.45, 2.75) is 6.42 Å². The Morgan fingerprint density at radius 1 is 1.17 bits per heavy atom. The molecule has 1 aliphatic carbocycles. The van der Waals surface area contributed by atoms with Crippen LogP contribution in [0.15, 0.2) is 83.6 Å². The monoisotopic (exact) mass is 320 g/mol. The first-order valence-electron chi connectivity index (χ1n) is 7.54. The molecule has 0 bridgehead atoms. The molecular weight excluding hydrogens is 307 g/mol. The number of benzene rings is 2. The highest BCUT2D eigenvalue weighted by molar-refractivity contribution is 6.14. The predicted octanol–water partition coefficient (Wildman–Crippen LogP) is 4.71. The number of rotatable bonds is 2. The predicted molar refractivity (Wildman–Crippen MR) is 89.1 cm³/mol. The molecule has 0 saturated heterocycles. The number of phenols is 1. The van der Waals surface area contributed by atoms with Crippen LogP contribution in [0.25, 0.3) is 10.8 Å². The topological polar surface area (TPSA) is 46.5 Å². The summed E-state index contributed by atoms with van der Waals surface area (Å²) in [6, 6.07) is 10.7. The molecule has 0 fully saturated rings. The van der Waals surface area contributed by atoms with Gasteiger partial charge in [0.05, 0.1) is 11.1 Å². The largest absolute Gasteiger partial charge is 0.507 e. The Hall–Kier alpha value is -3.14. The maximum absolute atomic E-state index is 13.7. The maximum atomic E-state index is 13.7. The lowest BCUT2D eigenvalue weighted by molar-refractivity contribution is 0.103. The van der Waals surface area contributed by atoms with Crippen LogP contribution < -0.4 is 0 Å². The normalized spacial score (nSPS) is 16.4. The number of ether oxygens (including phenoxy) is 1. The van der Waals surface area contributed by atoms with Gasteiger partial charge in [-0.15, -0.1) is 0 Å². The minimum atomic E-state index is -0.455. The smallest absolute Gasteiger partial charge is 0.199 e. The van der Waals surface area contributed by atoms with Crippen LogP contribution in [0.1, 0.15) is 16.8 Å². The summed E-state index contributed by atoms with van der Waals surface area (Å²) in [7, 11) is 0. The van der Waals surface area contributed by atoms with Crippen molar-refractivity contribution in [3.8, 4) is 5.75 Å². The molecule has 4 heteroatoms. The highest BCUT2D eigenvalue weighted by Crippen LogP contribution is 2.34. The Labute approximate surface area is 137 Å². The second-order valence-electron chi connectivity index (χ2n) is 5.66. The van der Waals surface area contributed by atoms with Crippen LogP contribution in [-0.4, -0.2) is 10.9 Å². The standard InChI is InChI=1S/C20H13FO3/c21-17-7-3-5-13-10-14(11-24-20(13)17)18(22)16-9-8-12-4-1-2-6-15(12)19(16)23/h1-4,6-11,23H,5H2. The van der Waals surface area contributed by atoms with Gasteiger partial charge in [-0.05, 0) is 30.0 Å². The van der Waals surface area contributed by atoms with E-state index in [0.29, 0.717) is 17.4 Å². The summed E-state index contributed by atoms with van der Waals surface area (Å²) in [5.41, 5.74) is 1.09. The van der Waals surface area contributed by atoms with Gasteiger partial charge in [0.15, 0.2) is 17.4 Å². The van der Waals surface area contributed by atoms with Gasteiger partial charge < -0.3 is 9.84 Å². The Balaban J connectivity index is 1.74. The molecule has 2 aromatic rings. The van der Waals surface area contributed by atoms with Crippen molar-refractivity contribution in [2.75, 3.05) is 0 Å². The lowest BCUT2D eigenvalue weighted by atomic mass is 9.94. The zero-order chi connectivity index (χ0) is 16.7. The lowest BCUT2D eigenvalue weighted by Crippen LogP contribution is -2.10. The number of ketones is 1. The number of halogens is 1. The van der Waals surface area contributed by atoms with Crippen molar-refractivity contribution in [2.24, 2.45) is 0 Å². The van der Waals surface area contributed by atoms with Crippen LogP contribution >= 0.6 is 0 Å². The zero-order valence-electron chi connectivity index (χ0n) is 12.6. The van der Waals surface area contributed by atoms with Crippen LogP contribution in [0.3, 0.4) is 0 Å². The molecule has 0 radical (unpaired) electrons. The Bertz CT molecular complexity index is 993. The van der Waals surface area contributed by atoms with Crippen LogP contribution in [0.2, 0.25) is 0 Å². The molecule has 1 N–H and O–H groups in total. The maximum Gasteiger partial charge on any atom is 0.199 e. The number of carbonyl (C=O) groups excluding carboxylic acids is 1. The molecule has 3 nitrogen and oxygen atoms in total. The van der Waals surface area contributed by atoms with Crippen molar-refractivity contribution in [1.82, 2.24) is 0 Å². The fourth-order valence-electron chi connectivity index (χ4n) is 2.92. The quantitative estimate of drug-likeness (QED) is 0.815. The number of hydrogen-bond acceptors (Lipinski definition) is 3. The highest BCUT2D eigenvalue weighted by Gasteiger charge is 2.24. The van der Waals surface area contributed by atoms with Gasteiger partial charge in [0, 0.05) is 11.0 Å². The molecule has 0 amide bonds. The van der Waals surface area contributed by atoms with Gasteiger partial charge in [0.1, 0.15) is 12.0 Å². The number of carbonyl (C=O) groups is 1. The first kappa shape index (κ1) is 14.5. The third-order valence-electron chi connectivity index (χ3n) is 4.15. The third-order valence-corrected chi connectivity index (χ3v) is 4.15. The minimum Gasteiger partial charge on any atom is -0.507 e. The number of phenolic OH excluding ortho intramolecular Hbond substituents is 1.